The number of thioether (sulfide) groups is 2. The van der Waals surface area contributed by atoms with Crippen molar-refractivity contribution in [1.82, 2.24) is 4.90 Å². The van der Waals surface area contributed by atoms with E-state index in [9.17, 15) is 9.59 Å². The van der Waals surface area contributed by atoms with Gasteiger partial charge in [-0.25, -0.2) is 14.6 Å². The molecular weight excluding hydrogens is 454 g/mol. The molecule has 1 atom stereocenters. The molecular formula is C17H18BrN3O4S2. The summed E-state index contributed by atoms with van der Waals surface area (Å²) < 4.78 is 10.1. The fourth-order valence-electron chi connectivity index (χ4n) is 2.62. The summed E-state index contributed by atoms with van der Waals surface area (Å²) in [6, 6.07) is 7.58. The predicted octanol–water partition coefficient (Wildman–Crippen LogP) is 3.57. The zero-order chi connectivity index (χ0) is 19.8. The van der Waals surface area contributed by atoms with E-state index in [1.54, 1.807) is 11.9 Å². The van der Waals surface area contributed by atoms with Crippen LogP contribution in [0.25, 0.3) is 0 Å². The lowest BCUT2D eigenvalue weighted by Crippen LogP contribution is -2.47. The average Bonchev–Trinajstić information content (AvgIpc) is 3.16. The van der Waals surface area contributed by atoms with Gasteiger partial charge in [0, 0.05) is 17.2 Å². The Hall–Kier alpha value is -1.65. The molecule has 144 valence electrons. The van der Waals surface area contributed by atoms with Crippen molar-refractivity contribution in [3.8, 4) is 0 Å². The minimum Gasteiger partial charge on any atom is -0.465 e. The van der Waals surface area contributed by atoms with Gasteiger partial charge in [-0.1, -0.05) is 27.7 Å². The van der Waals surface area contributed by atoms with Gasteiger partial charge in [0.15, 0.2) is 0 Å². The number of esters is 2. The van der Waals surface area contributed by atoms with Crippen LogP contribution in [0.4, 0.5) is 5.69 Å². The summed E-state index contributed by atoms with van der Waals surface area (Å²) in [4.78, 5) is 27.0. The molecule has 1 aromatic carbocycles. The quantitative estimate of drug-likeness (QED) is 0.616. The van der Waals surface area contributed by atoms with E-state index in [0.29, 0.717) is 4.91 Å². The molecule has 0 saturated carbocycles. The van der Waals surface area contributed by atoms with E-state index >= 15 is 0 Å². The second-order valence-corrected chi connectivity index (χ2v) is 9.15. The van der Waals surface area contributed by atoms with Gasteiger partial charge in [0.2, 0.25) is 9.37 Å². The number of halogens is 1. The van der Waals surface area contributed by atoms with Crippen LogP contribution in [-0.2, 0) is 19.1 Å². The van der Waals surface area contributed by atoms with Gasteiger partial charge in [0.1, 0.15) is 4.91 Å². The van der Waals surface area contributed by atoms with Crippen LogP contribution >= 0.6 is 39.5 Å². The van der Waals surface area contributed by atoms with Crippen LogP contribution in [0, 0.1) is 0 Å². The molecule has 0 aliphatic carbocycles. The van der Waals surface area contributed by atoms with Crippen molar-refractivity contribution < 1.29 is 19.1 Å². The number of allylic oxidation sites excluding steroid dienone is 1. The zero-order valence-electron chi connectivity index (χ0n) is 15.2. The Labute approximate surface area is 174 Å². The normalized spacial score (nSPS) is 21.7. The van der Waals surface area contributed by atoms with E-state index in [0.717, 1.165) is 15.9 Å². The second-order valence-electron chi connectivity index (χ2n) is 5.63. The van der Waals surface area contributed by atoms with Crippen molar-refractivity contribution in [1.29, 1.82) is 0 Å². The Morgan fingerprint density at radius 2 is 1.89 bits per heavy atom. The van der Waals surface area contributed by atoms with Crippen LogP contribution in [0.3, 0.4) is 0 Å². The van der Waals surface area contributed by atoms with Crippen LogP contribution in [-0.4, -0.2) is 47.0 Å². The Morgan fingerprint density at radius 1 is 1.22 bits per heavy atom. The molecule has 2 aliphatic rings. The standard InChI is InChI=1S/C17H18BrN3O4S2/c1-5-25-16(23)14-19-21(12-8-6-11(18)7-9-12)17(27-14)20(3)10(2)13(26-17)15(22)24-4/h6-9H,5H2,1-4H3/t17-/m1/s1. The highest BCUT2D eigenvalue weighted by Gasteiger charge is 2.56. The molecule has 10 heteroatoms. The summed E-state index contributed by atoms with van der Waals surface area (Å²) in [6.07, 6.45) is 0. The van der Waals surface area contributed by atoms with Crippen molar-refractivity contribution in [2.75, 3.05) is 25.8 Å². The van der Waals surface area contributed by atoms with E-state index in [-0.39, 0.29) is 11.7 Å². The second kappa shape index (κ2) is 7.76. The van der Waals surface area contributed by atoms with E-state index < -0.39 is 16.3 Å². The molecule has 0 amide bonds. The molecule has 1 aromatic rings. The van der Waals surface area contributed by atoms with Gasteiger partial charge in [0.05, 0.1) is 19.4 Å². The highest BCUT2D eigenvalue weighted by Crippen LogP contribution is 2.58. The number of hydrogen-bond donors (Lipinski definition) is 0. The van der Waals surface area contributed by atoms with Crippen LogP contribution < -0.4 is 5.01 Å². The van der Waals surface area contributed by atoms with Crippen LogP contribution in [0.1, 0.15) is 13.8 Å². The van der Waals surface area contributed by atoms with Gasteiger partial charge in [-0.2, -0.15) is 5.10 Å². The first kappa shape index (κ1) is 20.1. The SMILES string of the molecule is CCOC(=O)C1=NN(c2ccc(Br)cc2)[C@@]2(S1)SC(C(=O)OC)=C(C)N2C. The molecule has 0 N–H and O–H groups in total. The number of hydrogen-bond acceptors (Lipinski definition) is 9. The van der Waals surface area contributed by atoms with E-state index in [2.05, 4.69) is 21.0 Å². The number of ether oxygens (including phenoxy) is 2. The molecule has 27 heavy (non-hydrogen) atoms. The van der Waals surface area contributed by atoms with Crippen molar-refractivity contribution in [3.63, 3.8) is 0 Å². The number of carbonyl (C=O) groups excluding carboxylic acids is 2. The number of rotatable bonds is 4. The smallest absolute Gasteiger partial charge is 0.365 e. The lowest BCUT2D eigenvalue weighted by atomic mass is 10.3. The monoisotopic (exact) mass is 471 g/mol. The van der Waals surface area contributed by atoms with E-state index in [1.807, 2.05) is 43.1 Å². The maximum Gasteiger partial charge on any atom is 0.365 e. The van der Waals surface area contributed by atoms with Gasteiger partial charge >= 0.3 is 11.9 Å². The number of anilines is 1. The van der Waals surface area contributed by atoms with Gasteiger partial charge in [-0.15, -0.1) is 0 Å². The summed E-state index contributed by atoms with van der Waals surface area (Å²) in [5.74, 6) is -0.901. The highest BCUT2D eigenvalue weighted by atomic mass is 79.9. The minimum absolute atomic E-state index is 0.234. The molecule has 0 unspecified atom stereocenters. The third-order valence-electron chi connectivity index (χ3n) is 4.07. The van der Waals surface area contributed by atoms with Gasteiger partial charge < -0.3 is 14.4 Å². The van der Waals surface area contributed by atoms with Crippen molar-refractivity contribution in [2.45, 2.75) is 18.2 Å². The molecule has 1 spiro atoms. The minimum atomic E-state index is -0.858. The van der Waals surface area contributed by atoms with Crippen LogP contribution in [0.15, 0.2) is 44.4 Å². The Bertz CT molecular complexity index is 843. The molecule has 0 bridgehead atoms. The molecule has 0 aromatic heterocycles. The van der Waals surface area contributed by atoms with E-state index in [4.69, 9.17) is 9.47 Å². The Kier molecular flexibility index (Phi) is 5.78. The molecule has 3 rings (SSSR count). The van der Waals surface area contributed by atoms with E-state index in [1.165, 1.54) is 30.6 Å². The molecule has 0 saturated heterocycles. The summed E-state index contributed by atoms with van der Waals surface area (Å²) in [7, 11) is 3.21. The lowest BCUT2D eigenvalue weighted by molar-refractivity contribution is -0.135. The lowest BCUT2D eigenvalue weighted by Gasteiger charge is -2.39. The van der Waals surface area contributed by atoms with Gasteiger partial charge in [-0.05, 0) is 49.9 Å². The first-order valence-electron chi connectivity index (χ1n) is 8.06. The predicted molar refractivity (Wildman–Crippen MR) is 111 cm³/mol. The number of hydrazone groups is 1. The maximum atomic E-state index is 12.3. The molecule has 0 fully saturated rings. The van der Waals surface area contributed by atoms with Gasteiger partial charge in [0.25, 0.3) is 0 Å². The Balaban J connectivity index is 2.04. The number of carbonyl (C=O) groups is 2. The van der Waals surface area contributed by atoms with Crippen LogP contribution in [0.5, 0.6) is 0 Å². The third kappa shape index (κ3) is 3.45. The summed E-state index contributed by atoms with van der Waals surface area (Å²) >= 11 is 5.98. The molecule has 0 radical (unpaired) electrons. The number of benzene rings is 1. The number of nitrogens with zero attached hydrogens (tertiary/aromatic N) is 3. The summed E-state index contributed by atoms with van der Waals surface area (Å²) in [5.41, 5.74) is 1.53. The average molecular weight is 472 g/mol. The molecule has 2 heterocycles. The summed E-state index contributed by atoms with van der Waals surface area (Å²) in [6.45, 7) is 3.85. The fourth-order valence-corrected chi connectivity index (χ4v) is 5.78. The topological polar surface area (TPSA) is 71.4 Å². The third-order valence-corrected chi connectivity index (χ3v) is 7.63. The van der Waals surface area contributed by atoms with Crippen molar-refractivity contribution >= 4 is 62.1 Å². The number of methoxy groups -OCH3 is 1. The molecule has 7 nitrogen and oxygen atoms in total. The maximum absolute atomic E-state index is 12.3. The first-order valence-corrected chi connectivity index (χ1v) is 10.5. The molecule has 2 aliphatic heterocycles. The van der Waals surface area contributed by atoms with Crippen molar-refractivity contribution in [3.05, 3.63) is 39.3 Å². The zero-order valence-corrected chi connectivity index (χ0v) is 18.4. The first-order chi connectivity index (χ1) is 12.8. The van der Waals surface area contributed by atoms with Crippen LogP contribution in [0.2, 0.25) is 0 Å². The largest absolute Gasteiger partial charge is 0.465 e. The Morgan fingerprint density at radius 3 is 2.48 bits per heavy atom. The fraction of sp³-hybridized carbons (Fsp3) is 0.353. The van der Waals surface area contributed by atoms with Gasteiger partial charge in [-0.3, -0.25) is 0 Å². The summed E-state index contributed by atoms with van der Waals surface area (Å²) in [5, 5.41) is 6.50. The highest BCUT2D eigenvalue weighted by molar-refractivity contribution is 9.10. The van der Waals surface area contributed by atoms with Crippen molar-refractivity contribution in [2.24, 2.45) is 5.10 Å².